The number of para-hydroxylation sites is 2. The van der Waals surface area contributed by atoms with Gasteiger partial charge in [0.2, 0.25) is 0 Å². The Labute approximate surface area is 122 Å². The Morgan fingerprint density at radius 2 is 1.90 bits per heavy atom. The molecule has 0 bridgehead atoms. The van der Waals surface area contributed by atoms with E-state index in [1.807, 2.05) is 48.9 Å². The van der Waals surface area contributed by atoms with Gasteiger partial charge in [0.15, 0.2) is 5.82 Å². The minimum atomic E-state index is 0.816. The molecule has 2 heterocycles. The predicted octanol–water partition coefficient (Wildman–Crippen LogP) is 3.93. The average Bonchev–Trinajstić information content (AvgIpc) is 2.97. The largest absolute Gasteiger partial charge is 0.338 e. The van der Waals surface area contributed by atoms with Crippen LogP contribution < -0.4 is 5.32 Å². The molecule has 0 aliphatic heterocycles. The lowest BCUT2D eigenvalue weighted by Gasteiger charge is -2.10. The normalized spacial score (nSPS) is 11.1. The van der Waals surface area contributed by atoms with Crippen LogP contribution in [0.3, 0.4) is 0 Å². The van der Waals surface area contributed by atoms with Crippen molar-refractivity contribution in [1.82, 2.24) is 14.4 Å². The average molecular weight is 274 g/mol. The van der Waals surface area contributed by atoms with Crippen molar-refractivity contribution in [2.75, 3.05) is 5.32 Å². The Kier molecular flexibility index (Phi) is 2.60. The number of fused-ring (bicyclic) bond motifs is 3. The number of anilines is 2. The van der Waals surface area contributed by atoms with Crippen LogP contribution in [0.5, 0.6) is 0 Å². The van der Waals surface area contributed by atoms with Crippen LogP contribution in [0.4, 0.5) is 11.5 Å². The molecule has 0 aliphatic carbocycles. The second kappa shape index (κ2) is 4.59. The minimum Gasteiger partial charge on any atom is -0.338 e. The SMILES string of the molecule is Cc1cccc(Nc2nc3ccccc3n3cncc23)c1. The molecule has 0 amide bonds. The lowest BCUT2D eigenvalue weighted by Crippen LogP contribution is -1.99. The zero-order valence-electron chi connectivity index (χ0n) is 11.6. The number of nitrogens with one attached hydrogen (secondary N) is 1. The molecular weight excluding hydrogens is 260 g/mol. The molecule has 0 aliphatic rings. The third-order valence-electron chi connectivity index (χ3n) is 3.54. The van der Waals surface area contributed by atoms with Crippen LogP contribution in [0.15, 0.2) is 61.1 Å². The number of hydrogen-bond acceptors (Lipinski definition) is 3. The van der Waals surface area contributed by atoms with Gasteiger partial charge in [-0.3, -0.25) is 4.40 Å². The zero-order valence-corrected chi connectivity index (χ0v) is 11.6. The van der Waals surface area contributed by atoms with Crippen molar-refractivity contribution in [1.29, 1.82) is 0 Å². The third-order valence-corrected chi connectivity index (χ3v) is 3.54. The summed E-state index contributed by atoms with van der Waals surface area (Å²) in [6, 6.07) is 16.3. The summed E-state index contributed by atoms with van der Waals surface area (Å²) in [6.45, 7) is 2.08. The second-order valence-corrected chi connectivity index (χ2v) is 5.09. The highest BCUT2D eigenvalue weighted by Gasteiger charge is 2.08. The van der Waals surface area contributed by atoms with Crippen LogP contribution in [0.25, 0.3) is 16.6 Å². The van der Waals surface area contributed by atoms with E-state index in [4.69, 9.17) is 4.98 Å². The topological polar surface area (TPSA) is 42.2 Å². The lowest BCUT2D eigenvalue weighted by atomic mass is 10.2. The number of hydrogen-bond donors (Lipinski definition) is 1. The molecule has 4 heteroatoms. The molecule has 1 N–H and O–H groups in total. The molecule has 0 saturated carbocycles. The minimum absolute atomic E-state index is 0.816. The van der Waals surface area contributed by atoms with E-state index in [2.05, 4.69) is 33.8 Å². The third kappa shape index (κ3) is 2.01. The van der Waals surface area contributed by atoms with Crippen molar-refractivity contribution in [3.05, 3.63) is 66.6 Å². The molecule has 0 atom stereocenters. The molecule has 4 aromatic rings. The first-order chi connectivity index (χ1) is 10.3. The number of benzene rings is 2. The molecule has 4 rings (SSSR count). The van der Waals surface area contributed by atoms with Gasteiger partial charge >= 0.3 is 0 Å². The van der Waals surface area contributed by atoms with E-state index in [-0.39, 0.29) is 0 Å². The first-order valence-electron chi connectivity index (χ1n) is 6.86. The van der Waals surface area contributed by atoms with E-state index in [0.29, 0.717) is 0 Å². The lowest BCUT2D eigenvalue weighted by molar-refractivity contribution is 1.19. The molecule has 0 saturated heterocycles. The second-order valence-electron chi connectivity index (χ2n) is 5.09. The van der Waals surface area contributed by atoms with Gasteiger partial charge in [-0.25, -0.2) is 9.97 Å². The molecule has 0 radical (unpaired) electrons. The molecule has 0 unspecified atom stereocenters. The summed E-state index contributed by atoms with van der Waals surface area (Å²) < 4.78 is 2.06. The van der Waals surface area contributed by atoms with Crippen molar-refractivity contribution >= 4 is 28.1 Å². The number of nitrogens with zero attached hydrogens (tertiary/aromatic N) is 3. The van der Waals surface area contributed by atoms with E-state index in [9.17, 15) is 0 Å². The Hall–Kier alpha value is -2.88. The van der Waals surface area contributed by atoms with Crippen molar-refractivity contribution in [3.8, 4) is 0 Å². The molecule has 2 aromatic heterocycles. The highest BCUT2D eigenvalue weighted by atomic mass is 15.1. The molecule has 21 heavy (non-hydrogen) atoms. The van der Waals surface area contributed by atoms with Crippen LogP contribution in [-0.2, 0) is 0 Å². The summed E-state index contributed by atoms with van der Waals surface area (Å²) in [7, 11) is 0. The highest BCUT2D eigenvalue weighted by Crippen LogP contribution is 2.24. The molecule has 0 spiro atoms. The predicted molar refractivity (Wildman–Crippen MR) is 85.0 cm³/mol. The van der Waals surface area contributed by atoms with Gasteiger partial charge in [0.05, 0.1) is 23.6 Å². The fraction of sp³-hybridized carbons (Fsp3) is 0.0588. The maximum atomic E-state index is 4.73. The van der Waals surface area contributed by atoms with Crippen molar-refractivity contribution in [2.24, 2.45) is 0 Å². The van der Waals surface area contributed by atoms with Crippen LogP contribution in [-0.4, -0.2) is 14.4 Å². The monoisotopic (exact) mass is 274 g/mol. The van der Waals surface area contributed by atoms with Gasteiger partial charge in [0.1, 0.15) is 5.52 Å². The van der Waals surface area contributed by atoms with Crippen LogP contribution in [0.1, 0.15) is 5.56 Å². The smallest absolute Gasteiger partial charge is 0.157 e. The molecular formula is C17H14N4. The quantitative estimate of drug-likeness (QED) is 0.602. The summed E-state index contributed by atoms with van der Waals surface area (Å²) in [5.74, 6) is 0.816. The Bertz CT molecular complexity index is 940. The van der Waals surface area contributed by atoms with Crippen molar-refractivity contribution in [2.45, 2.75) is 6.92 Å². The molecule has 4 nitrogen and oxygen atoms in total. The summed E-state index contributed by atoms with van der Waals surface area (Å²) in [5.41, 5.74) is 5.21. The summed E-state index contributed by atoms with van der Waals surface area (Å²) >= 11 is 0. The van der Waals surface area contributed by atoms with E-state index < -0.39 is 0 Å². The van der Waals surface area contributed by atoms with E-state index in [0.717, 1.165) is 28.1 Å². The standard InChI is InChI=1S/C17H14N4/c1-12-5-4-6-13(9-12)19-17-16-10-18-11-21(16)15-8-3-2-7-14(15)20-17/h2-11H,1H3,(H,19,20). The highest BCUT2D eigenvalue weighted by molar-refractivity contribution is 5.85. The van der Waals surface area contributed by atoms with Crippen molar-refractivity contribution < 1.29 is 0 Å². The number of aryl methyl sites for hydroxylation is 1. The first kappa shape index (κ1) is 11.9. The van der Waals surface area contributed by atoms with Gasteiger partial charge in [-0.15, -0.1) is 0 Å². The van der Waals surface area contributed by atoms with Crippen LogP contribution >= 0.6 is 0 Å². The summed E-state index contributed by atoms with van der Waals surface area (Å²) in [4.78, 5) is 8.98. The van der Waals surface area contributed by atoms with Gasteiger partial charge in [0.25, 0.3) is 0 Å². The van der Waals surface area contributed by atoms with E-state index >= 15 is 0 Å². The number of imidazole rings is 1. The molecule has 0 fully saturated rings. The molecule has 2 aromatic carbocycles. The van der Waals surface area contributed by atoms with E-state index in [1.54, 1.807) is 0 Å². The van der Waals surface area contributed by atoms with Crippen LogP contribution in [0.2, 0.25) is 0 Å². The Balaban J connectivity index is 1.92. The number of aromatic nitrogens is 3. The van der Waals surface area contributed by atoms with Gasteiger partial charge in [-0.2, -0.15) is 0 Å². The fourth-order valence-electron chi connectivity index (χ4n) is 2.55. The summed E-state index contributed by atoms with van der Waals surface area (Å²) in [6.07, 6.45) is 3.65. The Morgan fingerprint density at radius 1 is 1.00 bits per heavy atom. The first-order valence-corrected chi connectivity index (χ1v) is 6.86. The maximum absolute atomic E-state index is 4.73. The Morgan fingerprint density at radius 3 is 2.81 bits per heavy atom. The van der Waals surface area contributed by atoms with Crippen molar-refractivity contribution in [3.63, 3.8) is 0 Å². The van der Waals surface area contributed by atoms with Gasteiger partial charge in [-0.1, -0.05) is 24.3 Å². The van der Waals surface area contributed by atoms with Crippen LogP contribution in [0, 0.1) is 6.92 Å². The van der Waals surface area contributed by atoms with E-state index in [1.165, 1.54) is 5.56 Å². The summed E-state index contributed by atoms with van der Waals surface area (Å²) in [5, 5.41) is 3.39. The maximum Gasteiger partial charge on any atom is 0.157 e. The fourth-order valence-corrected chi connectivity index (χ4v) is 2.55. The zero-order chi connectivity index (χ0) is 14.2. The van der Waals surface area contributed by atoms with Gasteiger partial charge < -0.3 is 5.32 Å². The van der Waals surface area contributed by atoms with Gasteiger partial charge in [-0.05, 0) is 36.8 Å². The molecule has 102 valence electrons. The number of rotatable bonds is 2. The van der Waals surface area contributed by atoms with Gasteiger partial charge in [0, 0.05) is 5.69 Å².